The van der Waals surface area contributed by atoms with Gasteiger partial charge in [-0.1, -0.05) is 11.6 Å². The lowest BCUT2D eigenvalue weighted by Crippen LogP contribution is -2.45. The van der Waals surface area contributed by atoms with Crippen LogP contribution in [-0.2, 0) is 14.3 Å². The maximum atomic E-state index is 12.1. The van der Waals surface area contributed by atoms with Crippen molar-refractivity contribution in [1.82, 2.24) is 0 Å². The molecule has 3 aliphatic rings. The van der Waals surface area contributed by atoms with Crippen LogP contribution in [-0.4, -0.2) is 17.9 Å². The molecule has 0 heterocycles. The summed E-state index contributed by atoms with van der Waals surface area (Å²) >= 11 is 5.95. The summed E-state index contributed by atoms with van der Waals surface area (Å²) in [5.41, 5.74) is 0.765. The molecule has 0 amide bonds. The van der Waals surface area contributed by atoms with Gasteiger partial charge in [0, 0.05) is 17.5 Å². The molecule has 3 aliphatic carbocycles. The first-order valence-electron chi connectivity index (χ1n) is 5.58. The van der Waals surface area contributed by atoms with Gasteiger partial charge in [-0.25, -0.2) is 0 Å². The van der Waals surface area contributed by atoms with E-state index in [1.807, 2.05) is 0 Å². The Morgan fingerprint density at radius 1 is 1.38 bits per heavy atom. The molecule has 0 spiro atoms. The maximum Gasteiger partial charge on any atom is 0.302 e. The van der Waals surface area contributed by atoms with Gasteiger partial charge in [-0.05, 0) is 32.1 Å². The van der Waals surface area contributed by atoms with Crippen LogP contribution in [0, 0.1) is 11.8 Å². The molecule has 3 saturated carbocycles. The Balaban J connectivity index is 2.23. The van der Waals surface area contributed by atoms with Crippen molar-refractivity contribution in [2.75, 3.05) is 0 Å². The molecule has 0 aromatic carbocycles. The number of allylic oxidation sites excluding steroid dienone is 2. The molecule has 16 heavy (non-hydrogen) atoms. The largest absolute Gasteiger partial charge is 0.462 e. The molecule has 3 atom stereocenters. The zero-order valence-electron chi connectivity index (χ0n) is 9.46. The normalized spacial score (nSPS) is 36.2. The monoisotopic (exact) mass is 242 g/mol. The first-order valence-corrected chi connectivity index (χ1v) is 5.96. The van der Waals surface area contributed by atoms with Crippen LogP contribution in [0.15, 0.2) is 10.6 Å². The van der Waals surface area contributed by atoms with Gasteiger partial charge in [-0.2, -0.15) is 0 Å². The summed E-state index contributed by atoms with van der Waals surface area (Å²) in [6, 6.07) is 0. The minimum absolute atomic E-state index is 0.0845. The summed E-state index contributed by atoms with van der Waals surface area (Å²) in [6.45, 7) is 3.15. The number of ether oxygens (including phenoxy) is 1. The van der Waals surface area contributed by atoms with E-state index >= 15 is 0 Å². The summed E-state index contributed by atoms with van der Waals surface area (Å²) < 4.78 is 5.20. The van der Waals surface area contributed by atoms with Gasteiger partial charge in [0.25, 0.3) is 0 Å². The zero-order chi connectivity index (χ0) is 11.9. The van der Waals surface area contributed by atoms with Crippen molar-refractivity contribution in [3.05, 3.63) is 10.6 Å². The van der Waals surface area contributed by atoms with Crippen LogP contribution < -0.4 is 0 Å². The van der Waals surface area contributed by atoms with Crippen molar-refractivity contribution >= 4 is 23.4 Å². The van der Waals surface area contributed by atoms with E-state index in [1.54, 1.807) is 6.92 Å². The lowest BCUT2D eigenvalue weighted by Gasteiger charge is -2.42. The van der Waals surface area contributed by atoms with E-state index in [-0.39, 0.29) is 29.7 Å². The molecule has 0 radical (unpaired) electrons. The Bertz CT molecular complexity index is 368. The van der Waals surface area contributed by atoms with E-state index in [4.69, 9.17) is 16.3 Å². The predicted octanol–water partition coefficient (Wildman–Crippen LogP) is 2.43. The highest BCUT2D eigenvalue weighted by molar-refractivity contribution is 6.32. The fourth-order valence-corrected chi connectivity index (χ4v) is 3.13. The molecule has 3 rings (SSSR count). The van der Waals surface area contributed by atoms with E-state index in [9.17, 15) is 9.59 Å². The number of ketones is 1. The Labute approximate surface area is 99.8 Å². The van der Waals surface area contributed by atoms with Gasteiger partial charge in [-0.3, -0.25) is 9.59 Å². The Kier molecular flexibility index (Phi) is 3.06. The van der Waals surface area contributed by atoms with Gasteiger partial charge in [0.15, 0.2) is 5.78 Å². The second kappa shape index (κ2) is 4.21. The third-order valence-corrected chi connectivity index (χ3v) is 3.69. The highest BCUT2D eigenvalue weighted by Gasteiger charge is 2.46. The van der Waals surface area contributed by atoms with Crippen LogP contribution in [0.5, 0.6) is 0 Å². The predicted molar refractivity (Wildman–Crippen MR) is 59.9 cm³/mol. The van der Waals surface area contributed by atoms with Gasteiger partial charge < -0.3 is 4.74 Å². The average Bonchev–Trinajstić information content (AvgIpc) is 2.16. The molecular weight excluding hydrogens is 228 g/mol. The summed E-state index contributed by atoms with van der Waals surface area (Å²) in [7, 11) is 0. The van der Waals surface area contributed by atoms with E-state index < -0.39 is 0 Å². The average molecular weight is 243 g/mol. The molecule has 0 aromatic heterocycles. The quantitative estimate of drug-likeness (QED) is 0.524. The fraction of sp³-hybridized carbons (Fsp3) is 0.667. The number of hydrogen-bond donors (Lipinski definition) is 0. The molecule has 4 heteroatoms. The summed E-state index contributed by atoms with van der Waals surface area (Å²) in [4.78, 5) is 23.0. The van der Waals surface area contributed by atoms with E-state index in [0.29, 0.717) is 5.03 Å². The fourth-order valence-electron chi connectivity index (χ4n) is 2.89. The number of esters is 1. The number of rotatable bonds is 1. The molecule has 3 fully saturated rings. The van der Waals surface area contributed by atoms with Gasteiger partial charge in [-0.15, -0.1) is 0 Å². The Morgan fingerprint density at radius 2 is 2.06 bits per heavy atom. The Hall–Kier alpha value is -0.830. The van der Waals surface area contributed by atoms with Crippen LogP contribution >= 0.6 is 11.6 Å². The second-order valence-corrected chi connectivity index (χ2v) is 5.14. The molecule has 2 bridgehead atoms. The minimum Gasteiger partial charge on any atom is -0.462 e. The standard InChI is InChI=1S/C12H15ClO3/c1-6(13)11-8-3-4-9(12(11)15)10(5-8)16-7(2)14/h8-10H,3-5H2,1-2H3/b11-6+/t8-,9+,10-/m0/s1. The number of fused-ring (bicyclic) bond motifs is 3. The van der Waals surface area contributed by atoms with Crippen molar-refractivity contribution in [2.45, 2.75) is 39.2 Å². The van der Waals surface area contributed by atoms with Crippen molar-refractivity contribution in [2.24, 2.45) is 11.8 Å². The number of hydrogen-bond acceptors (Lipinski definition) is 3. The zero-order valence-corrected chi connectivity index (χ0v) is 10.2. The van der Waals surface area contributed by atoms with Gasteiger partial charge in [0.1, 0.15) is 6.10 Å². The van der Waals surface area contributed by atoms with Crippen LogP contribution in [0.1, 0.15) is 33.1 Å². The molecule has 3 nitrogen and oxygen atoms in total. The van der Waals surface area contributed by atoms with E-state index in [1.165, 1.54) is 6.92 Å². The van der Waals surface area contributed by atoms with Crippen molar-refractivity contribution in [3.8, 4) is 0 Å². The molecule has 0 aromatic rings. The van der Waals surface area contributed by atoms with Gasteiger partial charge in [0.05, 0.1) is 5.92 Å². The number of halogens is 1. The van der Waals surface area contributed by atoms with Crippen molar-refractivity contribution in [3.63, 3.8) is 0 Å². The Morgan fingerprint density at radius 3 is 2.56 bits per heavy atom. The third-order valence-electron chi connectivity index (χ3n) is 3.49. The molecule has 88 valence electrons. The lowest BCUT2D eigenvalue weighted by atomic mass is 9.65. The van der Waals surface area contributed by atoms with Crippen LogP contribution in [0.3, 0.4) is 0 Å². The minimum atomic E-state index is -0.307. The number of carbonyl (C=O) groups excluding carboxylic acids is 2. The molecule has 0 unspecified atom stereocenters. The van der Waals surface area contributed by atoms with E-state index in [0.717, 1.165) is 24.8 Å². The highest BCUT2D eigenvalue weighted by Crippen LogP contribution is 2.45. The van der Waals surface area contributed by atoms with Gasteiger partial charge in [0.2, 0.25) is 0 Å². The van der Waals surface area contributed by atoms with Crippen molar-refractivity contribution in [1.29, 1.82) is 0 Å². The van der Waals surface area contributed by atoms with Crippen LogP contribution in [0.2, 0.25) is 0 Å². The summed E-state index contributed by atoms with van der Waals surface area (Å²) in [6.07, 6.45) is 2.31. The topological polar surface area (TPSA) is 43.4 Å². The second-order valence-electron chi connectivity index (χ2n) is 4.58. The molecular formula is C12H15ClO3. The van der Waals surface area contributed by atoms with Gasteiger partial charge >= 0.3 is 5.97 Å². The lowest BCUT2D eigenvalue weighted by molar-refractivity contribution is -0.156. The number of carbonyl (C=O) groups is 2. The van der Waals surface area contributed by atoms with Crippen LogP contribution in [0.4, 0.5) is 0 Å². The van der Waals surface area contributed by atoms with E-state index in [2.05, 4.69) is 0 Å². The smallest absolute Gasteiger partial charge is 0.302 e. The summed E-state index contributed by atoms with van der Waals surface area (Å²) in [5, 5.41) is 0.598. The van der Waals surface area contributed by atoms with Crippen molar-refractivity contribution < 1.29 is 14.3 Å². The molecule has 0 saturated heterocycles. The summed E-state index contributed by atoms with van der Waals surface area (Å²) in [5.74, 6) is -0.211. The molecule has 0 aliphatic heterocycles. The SMILES string of the molecule is CC(=O)O[C@H]1C[C@@H]2CC[C@H]1C(=O)/C2=C(\C)Cl. The highest BCUT2D eigenvalue weighted by atomic mass is 35.5. The molecule has 0 N–H and O–H groups in total. The van der Waals surface area contributed by atoms with Crippen LogP contribution in [0.25, 0.3) is 0 Å². The first-order chi connectivity index (χ1) is 7.50. The number of Topliss-reactive ketones (excluding diaryl/α,β-unsaturated/α-hetero) is 1. The first kappa shape index (κ1) is 11.6. The maximum absolute atomic E-state index is 12.1. The third kappa shape index (κ3) is 1.88.